The molecule has 0 spiro atoms. The van der Waals surface area contributed by atoms with Crippen LogP contribution in [0.5, 0.6) is 0 Å². The van der Waals surface area contributed by atoms with E-state index in [0.29, 0.717) is 23.7 Å². The van der Waals surface area contributed by atoms with E-state index >= 15 is 0 Å². The van der Waals surface area contributed by atoms with Crippen LogP contribution in [-0.4, -0.2) is 122 Å². The molecule has 6 fully saturated rings. The second-order valence-electron chi connectivity index (χ2n) is 24.2. The fourth-order valence-electron chi connectivity index (χ4n) is 9.55. The van der Waals surface area contributed by atoms with Gasteiger partial charge in [0.1, 0.15) is 39.3 Å². The van der Waals surface area contributed by atoms with Crippen molar-refractivity contribution in [3.8, 4) is 0 Å². The fourth-order valence-corrected chi connectivity index (χ4v) is 9.55. The monoisotopic (exact) mass is 1240 g/mol. The van der Waals surface area contributed by atoms with Crippen LogP contribution < -0.4 is 37.2 Å². The third kappa shape index (κ3) is 39.1. The lowest BCUT2D eigenvalue weighted by molar-refractivity contribution is -1.08. The maximum atomic E-state index is 5.00. The molecular weight excluding hydrogens is 1110 g/mol. The summed E-state index contributed by atoms with van der Waals surface area (Å²) in [4.78, 5) is 2.59. The molecule has 0 aromatic heterocycles. The van der Waals surface area contributed by atoms with Gasteiger partial charge in [0.2, 0.25) is 0 Å². The Balaban J connectivity index is -0.000000429. The highest BCUT2D eigenvalue weighted by Crippen LogP contribution is 2.26. The number of halogens is 4. The van der Waals surface area contributed by atoms with Gasteiger partial charge in [-0.1, -0.05) is 274 Å². The van der Waals surface area contributed by atoms with E-state index in [9.17, 15) is 0 Å². The number of rotatable bonds is 13. The minimum atomic E-state index is 0. The second-order valence-corrected chi connectivity index (χ2v) is 24.8. The van der Waals surface area contributed by atoms with E-state index in [1.807, 2.05) is 43.3 Å². The van der Waals surface area contributed by atoms with Crippen molar-refractivity contribution >= 4 is 11.6 Å². The molecule has 5 aromatic carbocycles. The number of likely N-dealkylation sites (N-methyl/N-ethyl adjacent to an activating group) is 3. The number of alkyl halides is 1. The number of nitrogens with zero attached hydrogens (tertiary/aromatic N) is 4. The molecule has 84 heavy (non-hydrogen) atoms. The lowest BCUT2D eigenvalue weighted by Gasteiger charge is -2.55. The number of fused-ring (bicyclic) bond motifs is 6. The number of benzene rings is 5. The molecule has 11 rings (SSSR count). The van der Waals surface area contributed by atoms with Crippen LogP contribution >= 0.6 is 11.6 Å². The molecule has 8 heteroatoms. The first-order valence-corrected chi connectivity index (χ1v) is 33.5. The first kappa shape index (κ1) is 87.5. The molecule has 0 saturated carbocycles. The molecule has 6 aliphatic rings. The number of hydrogen-bond donors (Lipinski definition) is 0. The van der Waals surface area contributed by atoms with Crippen LogP contribution in [0.3, 0.4) is 0 Å². The molecule has 0 aliphatic carbocycles. The molecule has 0 radical (unpaired) electrons. The molecule has 5 aromatic rings. The van der Waals surface area contributed by atoms with Crippen LogP contribution in [0.25, 0.3) is 0 Å². The van der Waals surface area contributed by atoms with E-state index in [0.717, 1.165) is 17.7 Å². The van der Waals surface area contributed by atoms with Gasteiger partial charge in [-0.25, -0.2) is 0 Å². The highest BCUT2D eigenvalue weighted by Gasteiger charge is 2.47. The Morgan fingerprint density at radius 2 is 0.452 bits per heavy atom. The Hall–Kier alpha value is -2.90. The summed E-state index contributed by atoms with van der Waals surface area (Å²) >= 11 is 5.00. The predicted octanol–water partition coefficient (Wildman–Crippen LogP) is 11.7. The van der Waals surface area contributed by atoms with Crippen molar-refractivity contribution in [2.45, 2.75) is 187 Å². The lowest BCUT2D eigenvalue weighted by Crippen LogP contribution is -3.00. The van der Waals surface area contributed by atoms with Gasteiger partial charge >= 0.3 is 0 Å². The van der Waals surface area contributed by atoms with Crippen molar-refractivity contribution in [3.05, 3.63) is 180 Å². The van der Waals surface area contributed by atoms with Crippen molar-refractivity contribution < 1.29 is 50.7 Å². The molecule has 6 aliphatic heterocycles. The van der Waals surface area contributed by atoms with E-state index in [1.54, 1.807) is 0 Å². The van der Waals surface area contributed by atoms with Gasteiger partial charge in [0.05, 0.1) is 39.3 Å². The number of quaternary nitrogens is 3. The SMILES string of the molecule is CCC(C)C.CCC(C)C.CCC(C)c1ccccc1.CCC(C)c1ccccc1.CCC(C)c1ccccc1.CCC(C)c1ccccc1.CCCl.CC[N+]12CCN(CC1)CC2.CC[N+]12CC[N+](CC)(CC1)CC2.[Cl-].[Cl-].[Cl-].c1ccccc1. The fraction of sp³-hybridized carbons (Fsp3) is 0.605. The van der Waals surface area contributed by atoms with Gasteiger partial charge in [-0.3, -0.25) is 4.90 Å². The summed E-state index contributed by atoms with van der Waals surface area (Å²) in [6.45, 7) is 61.2. The van der Waals surface area contributed by atoms with Crippen LogP contribution in [-0.2, 0) is 0 Å². The first-order valence-electron chi connectivity index (χ1n) is 32.9. The van der Waals surface area contributed by atoms with E-state index in [4.69, 9.17) is 11.6 Å². The molecule has 6 saturated heterocycles. The lowest BCUT2D eigenvalue weighted by atomic mass is 9.99. The zero-order valence-electron chi connectivity index (χ0n) is 57.3. The highest BCUT2D eigenvalue weighted by atomic mass is 35.5. The molecule has 4 atom stereocenters. The molecule has 0 N–H and O–H groups in total. The van der Waals surface area contributed by atoms with E-state index in [1.165, 1.54) is 172 Å². The summed E-state index contributed by atoms with van der Waals surface area (Å²) in [6.07, 6.45) is 7.52. The molecule has 4 nitrogen and oxygen atoms in total. The normalized spacial score (nSPS) is 20.2. The molecule has 4 bridgehead atoms. The third-order valence-corrected chi connectivity index (χ3v) is 18.1. The van der Waals surface area contributed by atoms with Gasteiger partial charge in [-0.15, -0.1) is 11.6 Å². The van der Waals surface area contributed by atoms with E-state index < -0.39 is 0 Å². The van der Waals surface area contributed by atoms with Gasteiger partial charge in [0, 0.05) is 25.5 Å². The summed E-state index contributed by atoms with van der Waals surface area (Å²) in [5, 5.41) is 0. The molecular formula is C76H130Cl4N4. The summed E-state index contributed by atoms with van der Waals surface area (Å²) in [7, 11) is 0. The van der Waals surface area contributed by atoms with Gasteiger partial charge < -0.3 is 50.7 Å². The molecule has 6 heterocycles. The maximum absolute atomic E-state index is 5.00. The zero-order chi connectivity index (χ0) is 60.8. The second kappa shape index (κ2) is 54.3. The Bertz CT molecular complexity index is 1810. The number of piperazine rings is 6. The smallest absolute Gasteiger partial charge is 0.129 e. The summed E-state index contributed by atoms with van der Waals surface area (Å²) < 4.78 is 4.27. The van der Waals surface area contributed by atoms with Crippen LogP contribution in [0.15, 0.2) is 158 Å². The van der Waals surface area contributed by atoms with Crippen LogP contribution in [0.1, 0.15) is 209 Å². The quantitative estimate of drug-likeness (QED) is 0.0839. The van der Waals surface area contributed by atoms with Gasteiger partial charge in [0.15, 0.2) is 0 Å². The summed E-state index contributed by atoms with van der Waals surface area (Å²) in [6, 6.07) is 54.5. The van der Waals surface area contributed by atoms with Crippen molar-refractivity contribution in [2.24, 2.45) is 11.8 Å². The van der Waals surface area contributed by atoms with Gasteiger partial charge in [-0.2, -0.15) is 0 Å². The molecule has 4 unspecified atom stereocenters. The molecule has 482 valence electrons. The summed E-state index contributed by atoms with van der Waals surface area (Å²) in [5.74, 6) is 5.33. The third-order valence-electron chi connectivity index (χ3n) is 18.1. The van der Waals surface area contributed by atoms with Crippen LogP contribution in [0, 0.1) is 11.8 Å². The van der Waals surface area contributed by atoms with Crippen molar-refractivity contribution in [3.63, 3.8) is 0 Å². The van der Waals surface area contributed by atoms with Crippen molar-refractivity contribution in [1.82, 2.24) is 4.90 Å². The average Bonchev–Trinajstić information content (AvgIpc) is 2.71. The van der Waals surface area contributed by atoms with Gasteiger partial charge in [-0.05, 0) is 104 Å². The standard InChI is InChI=1S/C10H22N2.4C10H14.C8H17N2.C6H6.2C5H12.C2H5Cl.3ClH/c1-3-11-5-8-12(4-2,9-6-11)10-7-11;4*1-3-9(2)10-7-5-4-6-8-10;1-2-10-6-3-9(4-7-10)5-8-10;1-2-4-6-5-3-1;2*1-4-5(2)3;1-2-3;;;/h3-10H2,1-2H3;4*4-9H,3H2,1-2H3;2-8H2,1H3;1-6H;2*5H,4H2,1-3H3;2H2,1H3;3*1H/q+2;;;;;+1;;;;;;;/p-3. The highest BCUT2D eigenvalue weighted by molar-refractivity contribution is 6.17. The molecule has 0 amide bonds. The van der Waals surface area contributed by atoms with E-state index in [2.05, 4.69) is 244 Å². The average molecular weight is 1240 g/mol. The topological polar surface area (TPSA) is 3.24 Å². The maximum Gasteiger partial charge on any atom is 0.129 e. The van der Waals surface area contributed by atoms with E-state index in [-0.39, 0.29) is 37.2 Å². The first-order chi connectivity index (χ1) is 38.9. The minimum absolute atomic E-state index is 0. The Morgan fingerprint density at radius 3 is 0.583 bits per heavy atom. The van der Waals surface area contributed by atoms with Gasteiger partial charge in [0.25, 0.3) is 0 Å². The Kier molecular flexibility index (Phi) is 56.6. The van der Waals surface area contributed by atoms with Crippen molar-refractivity contribution in [2.75, 3.05) is 104 Å². The van der Waals surface area contributed by atoms with Crippen molar-refractivity contribution in [1.29, 1.82) is 0 Å². The Morgan fingerprint density at radius 1 is 0.298 bits per heavy atom. The summed E-state index contributed by atoms with van der Waals surface area (Å²) in [5.41, 5.74) is 5.80. The van der Waals surface area contributed by atoms with Crippen LogP contribution in [0.2, 0.25) is 0 Å². The largest absolute Gasteiger partial charge is 1.00 e. The predicted molar refractivity (Wildman–Crippen MR) is 366 cm³/mol. The Labute approximate surface area is 546 Å². The van der Waals surface area contributed by atoms with Crippen LogP contribution in [0.4, 0.5) is 0 Å². The zero-order valence-corrected chi connectivity index (χ0v) is 60.4. The number of hydrogen-bond acceptors (Lipinski definition) is 1. The minimum Gasteiger partial charge on any atom is -1.00 e.